The van der Waals surface area contributed by atoms with Crippen LogP contribution in [0, 0.1) is 13.8 Å². The quantitative estimate of drug-likeness (QED) is 0.687. The third-order valence-electron chi connectivity index (χ3n) is 3.31. The molecule has 1 amide bonds. The minimum absolute atomic E-state index is 0.239. The van der Waals surface area contributed by atoms with Gasteiger partial charge in [-0.3, -0.25) is 4.79 Å². The van der Waals surface area contributed by atoms with Crippen LogP contribution in [0.25, 0.3) is 0 Å². The van der Waals surface area contributed by atoms with Crippen LogP contribution in [-0.4, -0.2) is 26.3 Å². The molecule has 1 aromatic carbocycles. The highest BCUT2D eigenvalue weighted by atomic mass is 32.2. The molecule has 2 rings (SSSR count). The normalized spacial score (nSPS) is 12.3. The van der Waals surface area contributed by atoms with Crippen molar-refractivity contribution in [2.24, 2.45) is 5.10 Å². The maximum absolute atomic E-state index is 12.0. The van der Waals surface area contributed by atoms with E-state index in [4.69, 9.17) is 4.42 Å². The number of hydrogen-bond acceptors (Lipinski definition) is 5. The van der Waals surface area contributed by atoms with Crippen molar-refractivity contribution in [3.8, 4) is 0 Å². The molecule has 1 heterocycles. The van der Waals surface area contributed by atoms with Crippen LogP contribution in [0.1, 0.15) is 34.4 Å². The van der Waals surface area contributed by atoms with Gasteiger partial charge in [0.15, 0.2) is 9.84 Å². The molecule has 0 fully saturated rings. The Morgan fingerprint density at radius 3 is 2.26 bits per heavy atom. The van der Waals surface area contributed by atoms with Gasteiger partial charge in [-0.15, -0.1) is 0 Å². The third kappa shape index (κ3) is 4.07. The van der Waals surface area contributed by atoms with E-state index in [1.54, 1.807) is 39.0 Å². The molecule has 0 saturated carbocycles. The van der Waals surface area contributed by atoms with Gasteiger partial charge in [0.2, 0.25) is 0 Å². The fourth-order valence-corrected chi connectivity index (χ4v) is 2.69. The van der Waals surface area contributed by atoms with Crippen LogP contribution in [0.4, 0.5) is 0 Å². The van der Waals surface area contributed by atoms with E-state index in [9.17, 15) is 13.2 Å². The summed E-state index contributed by atoms with van der Waals surface area (Å²) in [5.41, 5.74) is 4.19. The SMILES string of the molecule is C/C(=N/NC(=O)c1cc(C)oc1C)c1ccc(S(C)(=O)=O)cc1. The fourth-order valence-electron chi connectivity index (χ4n) is 2.06. The summed E-state index contributed by atoms with van der Waals surface area (Å²) in [4.78, 5) is 12.3. The largest absolute Gasteiger partial charge is 0.466 e. The second-order valence-electron chi connectivity index (χ2n) is 5.26. The van der Waals surface area contributed by atoms with Gasteiger partial charge in [0.05, 0.1) is 16.2 Å². The van der Waals surface area contributed by atoms with Crippen molar-refractivity contribution in [3.63, 3.8) is 0 Å². The van der Waals surface area contributed by atoms with Gasteiger partial charge < -0.3 is 4.42 Å². The molecule has 0 atom stereocenters. The summed E-state index contributed by atoms with van der Waals surface area (Å²) in [5.74, 6) is 0.835. The predicted molar refractivity (Wildman–Crippen MR) is 87.4 cm³/mol. The van der Waals surface area contributed by atoms with Crippen molar-refractivity contribution in [1.82, 2.24) is 5.43 Å². The number of carbonyl (C=O) groups is 1. The van der Waals surface area contributed by atoms with Crippen molar-refractivity contribution in [2.75, 3.05) is 6.26 Å². The second kappa shape index (κ2) is 6.37. The first-order valence-electron chi connectivity index (χ1n) is 6.90. The molecule has 0 saturated heterocycles. The third-order valence-corrected chi connectivity index (χ3v) is 4.44. The lowest BCUT2D eigenvalue weighted by molar-refractivity contribution is 0.0953. The lowest BCUT2D eigenvalue weighted by Crippen LogP contribution is -2.19. The Kier molecular flexibility index (Phi) is 4.70. The number of hydrazone groups is 1. The van der Waals surface area contributed by atoms with Gasteiger partial charge in [0.25, 0.3) is 5.91 Å². The van der Waals surface area contributed by atoms with Crippen LogP contribution in [-0.2, 0) is 9.84 Å². The highest BCUT2D eigenvalue weighted by Gasteiger charge is 2.13. The van der Waals surface area contributed by atoms with Crippen molar-refractivity contribution in [3.05, 3.63) is 53.0 Å². The average Bonchev–Trinajstić information content (AvgIpc) is 2.82. The molecule has 23 heavy (non-hydrogen) atoms. The predicted octanol–water partition coefficient (Wildman–Crippen LogP) is 2.45. The molecule has 0 aliphatic carbocycles. The van der Waals surface area contributed by atoms with Gasteiger partial charge in [-0.25, -0.2) is 13.8 Å². The van der Waals surface area contributed by atoms with Gasteiger partial charge in [-0.2, -0.15) is 5.10 Å². The molecular formula is C16H18N2O4S. The first-order chi connectivity index (χ1) is 10.7. The molecule has 7 heteroatoms. The number of aryl methyl sites for hydroxylation is 2. The van der Waals surface area contributed by atoms with Gasteiger partial charge in [0, 0.05) is 6.26 Å². The second-order valence-corrected chi connectivity index (χ2v) is 7.28. The van der Waals surface area contributed by atoms with Gasteiger partial charge in [0.1, 0.15) is 11.5 Å². The molecule has 0 unspecified atom stereocenters. The van der Waals surface area contributed by atoms with E-state index in [-0.39, 0.29) is 10.8 Å². The summed E-state index contributed by atoms with van der Waals surface area (Å²) in [6.45, 7) is 5.20. The molecule has 122 valence electrons. The summed E-state index contributed by atoms with van der Waals surface area (Å²) in [6.07, 6.45) is 1.15. The molecule has 1 N–H and O–H groups in total. The molecule has 0 aliphatic heterocycles. The maximum Gasteiger partial charge on any atom is 0.274 e. The lowest BCUT2D eigenvalue weighted by atomic mass is 10.1. The minimum atomic E-state index is -3.23. The van der Waals surface area contributed by atoms with Crippen LogP contribution in [0.2, 0.25) is 0 Å². The number of nitrogens with zero attached hydrogens (tertiary/aromatic N) is 1. The molecule has 2 aromatic rings. The van der Waals surface area contributed by atoms with Crippen LogP contribution < -0.4 is 5.43 Å². The Morgan fingerprint density at radius 2 is 1.78 bits per heavy atom. The molecule has 0 radical (unpaired) electrons. The Labute approximate surface area is 135 Å². The summed E-state index contributed by atoms with van der Waals surface area (Å²) < 4.78 is 28.2. The minimum Gasteiger partial charge on any atom is -0.466 e. The zero-order chi connectivity index (χ0) is 17.2. The number of hydrogen-bond donors (Lipinski definition) is 1. The summed E-state index contributed by atoms with van der Waals surface area (Å²) in [7, 11) is -3.23. The van der Waals surface area contributed by atoms with Gasteiger partial charge in [-0.05, 0) is 44.5 Å². The molecule has 1 aromatic heterocycles. The monoisotopic (exact) mass is 334 g/mol. The zero-order valence-electron chi connectivity index (χ0n) is 13.4. The topological polar surface area (TPSA) is 88.7 Å². The number of sulfone groups is 1. The van der Waals surface area contributed by atoms with E-state index in [0.29, 0.717) is 22.8 Å². The van der Waals surface area contributed by atoms with Gasteiger partial charge >= 0.3 is 0 Å². The number of nitrogens with one attached hydrogen (secondary N) is 1. The lowest BCUT2D eigenvalue weighted by Gasteiger charge is -2.04. The first kappa shape index (κ1) is 17.0. The Hall–Kier alpha value is -2.41. The number of carbonyl (C=O) groups excluding carboxylic acids is 1. The van der Waals surface area contributed by atoms with E-state index >= 15 is 0 Å². The molecule has 6 nitrogen and oxygen atoms in total. The van der Waals surface area contributed by atoms with Crippen LogP contribution in [0.5, 0.6) is 0 Å². The summed E-state index contributed by atoms with van der Waals surface area (Å²) >= 11 is 0. The maximum atomic E-state index is 12.0. The molecular weight excluding hydrogens is 316 g/mol. The Balaban J connectivity index is 2.14. The highest BCUT2D eigenvalue weighted by Crippen LogP contribution is 2.14. The highest BCUT2D eigenvalue weighted by molar-refractivity contribution is 7.90. The summed E-state index contributed by atoms with van der Waals surface area (Å²) in [6, 6.07) is 7.96. The van der Waals surface area contributed by atoms with Crippen LogP contribution >= 0.6 is 0 Å². The van der Waals surface area contributed by atoms with E-state index in [0.717, 1.165) is 11.8 Å². The van der Waals surface area contributed by atoms with Gasteiger partial charge in [-0.1, -0.05) is 12.1 Å². The Bertz CT molecular complexity index is 862. The van der Waals surface area contributed by atoms with Crippen molar-refractivity contribution in [2.45, 2.75) is 25.7 Å². The van der Waals surface area contributed by atoms with E-state index in [2.05, 4.69) is 10.5 Å². The summed E-state index contributed by atoms with van der Waals surface area (Å²) in [5, 5.41) is 4.04. The zero-order valence-corrected chi connectivity index (χ0v) is 14.2. The van der Waals surface area contributed by atoms with E-state index in [1.165, 1.54) is 12.1 Å². The van der Waals surface area contributed by atoms with E-state index < -0.39 is 9.84 Å². The van der Waals surface area contributed by atoms with Crippen LogP contribution in [0.3, 0.4) is 0 Å². The number of rotatable bonds is 4. The van der Waals surface area contributed by atoms with Crippen molar-refractivity contribution < 1.29 is 17.6 Å². The number of amides is 1. The van der Waals surface area contributed by atoms with E-state index in [1.807, 2.05) is 0 Å². The Morgan fingerprint density at radius 1 is 1.17 bits per heavy atom. The molecule has 0 aliphatic rings. The standard InChI is InChI=1S/C16H18N2O4S/c1-10-9-15(12(3)22-10)16(19)18-17-11(2)13-5-7-14(8-6-13)23(4,20)21/h5-9H,1-4H3,(H,18,19)/b17-11-. The fraction of sp³-hybridized carbons (Fsp3) is 0.250. The first-order valence-corrected chi connectivity index (χ1v) is 8.80. The smallest absolute Gasteiger partial charge is 0.274 e. The van der Waals surface area contributed by atoms with Crippen LogP contribution in [0.15, 0.2) is 44.7 Å². The molecule has 0 bridgehead atoms. The average molecular weight is 334 g/mol. The number of furan rings is 1. The van der Waals surface area contributed by atoms with Crippen molar-refractivity contribution >= 4 is 21.5 Å². The number of benzene rings is 1. The van der Waals surface area contributed by atoms with Crippen molar-refractivity contribution in [1.29, 1.82) is 0 Å². The molecule has 0 spiro atoms.